The topological polar surface area (TPSA) is 69.6 Å². The second kappa shape index (κ2) is 12.1. The Morgan fingerprint density at radius 1 is 1.17 bits per heavy atom. The van der Waals surface area contributed by atoms with Gasteiger partial charge < -0.3 is 15.5 Å². The molecule has 0 aliphatic heterocycles. The molecule has 158 valence electrons. The first kappa shape index (κ1) is 23.6. The van der Waals surface area contributed by atoms with Crippen molar-refractivity contribution in [2.45, 2.75) is 38.6 Å². The molecule has 2 N–H and O–H groups in total. The van der Waals surface area contributed by atoms with Crippen molar-refractivity contribution >= 4 is 47.2 Å². The first-order chi connectivity index (χ1) is 13.6. The van der Waals surface area contributed by atoms with Gasteiger partial charge in [0.2, 0.25) is 5.91 Å². The summed E-state index contributed by atoms with van der Waals surface area (Å²) >= 11 is 1.85. The molecule has 1 amide bonds. The maximum atomic E-state index is 11.9. The molecule has 0 radical (unpaired) electrons. The highest BCUT2D eigenvalue weighted by molar-refractivity contribution is 14.0. The lowest BCUT2D eigenvalue weighted by atomic mass is 10.0. The highest BCUT2D eigenvalue weighted by Gasteiger charge is 2.15. The van der Waals surface area contributed by atoms with Crippen molar-refractivity contribution in [3.63, 3.8) is 0 Å². The molecule has 2 aromatic rings. The fraction of sp³-hybridized carbons (Fsp3) is 0.476. The van der Waals surface area contributed by atoms with Gasteiger partial charge in [-0.3, -0.25) is 4.79 Å². The molecule has 1 heterocycles. The average molecular weight is 527 g/mol. The Morgan fingerprint density at radius 2 is 1.93 bits per heavy atom. The van der Waals surface area contributed by atoms with E-state index in [4.69, 9.17) is 4.98 Å². The van der Waals surface area contributed by atoms with Crippen LogP contribution < -0.4 is 10.6 Å². The maximum Gasteiger partial charge on any atom is 0.241 e. The van der Waals surface area contributed by atoms with E-state index in [2.05, 4.69) is 15.6 Å². The number of thiazole rings is 1. The van der Waals surface area contributed by atoms with Gasteiger partial charge in [0, 0.05) is 31.9 Å². The summed E-state index contributed by atoms with van der Waals surface area (Å²) in [6, 6.07) is 10.1. The number of amides is 1. The molecule has 0 unspecified atom stereocenters. The molecule has 3 rings (SSSR count). The summed E-state index contributed by atoms with van der Waals surface area (Å²) in [5.74, 6) is 0.669. The monoisotopic (exact) mass is 527 g/mol. The molecule has 0 spiro atoms. The lowest BCUT2D eigenvalue weighted by molar-refractivity contribution is -0.127. The SMILES string of the molecule is CN(C)C(=O)CNC(=NCc1ccccc1)NCCc1nc2c(s1)CCCC2.I. The van der Waals surface area contributed by atoms with E-state index in [-0.39, 0.29) is 36.4 Å². The van der Waals surface area contributed by atoms with Crippen molar-refractivity contribution in [2.24, 2.45) is 4.99 Å². The van der Waals surface area contributed by atoms with Crippen molar-refractivity contribution in [1.82, 2.24) is 20.5 Å². The standard InChI is InChI=1S/C21H29N5OS.HI/c1-26(2)20(27)15-24-21(23-14-16-8-4-3-5-9-16)22-13-12-19-25-17-10-6-7-11-18(17)28-19;/h3-5,8-9H,6-7,10-15H2,1-2H3,(H2,22,23,24);1H. The number of aryl methyl sites for hydroxylation is 2. The molecule has 1 aliphatic rings. The van der Waals surface area contributed by atoms with E-state index in [1.54, 1.807) is 19.0 Å². The van der Waals surface area contributed by atoms with Gasteiger partial charge in [0.15, 0.2) is 5.96 Å². The zero-order valence-electron chi connectivity index (χ0n) is 17.1. The highest BCUT2D eigenvalue weighted by atomic mass is 127. The van der Waals surface area contributed by atoms with Crippen LogP contribution in [-0.2, 0) is 30.6 Å². The van der Waals surface area contributed by atoms with Crippen molar-refractivity contribution in [3.05, 3.63) is 51.5 Å². The fourth-order valence-corrected chi connectivity index (χ4v) is 4.20. The summed E-state index contributed by atoms with van der Waals surface area (Å²) in [6.07, 6.45) is 5.71. The van der Waals surface area contributed by atoms with Crippen LogP contribution in [0.4, 0.5) is 0 Å². The number of benzene rings is 1. The van der Waals surface area contributed by atoms with Gasteiger partial charge in [-0.05, 0) is 31.2 Å². The predicted molar refractivity (Wildman–Crippen MR) is 130 cm³/mol. The van der Waals surface area contributed by atoms with Crippen molar-refractivity contribution < 1.29 is 4.79 Å². The lowest BCUT2D eigenvalue weighted by Crippen LogP contribution is -2.43. The minimum atomic E-state index is 0. The van der Waals surface area contributed by atoms with Crippen molar-refractivity contribution in [1.29, 1.82) is 0 Å². The van der Waals surface area contributed by atoms with Crippen molar-refractivity contribution in [2.75, 3.05) is 27.2 Å². The molecular formula is C21H30IN5OS. The molecule has 0 saturated heterocycles. The molecule has 29 heavy (non-hydrogen) atoms. The summed E-state index contributed by atoms with van der Waals surface area (Å²) in [5.41, 5.74) is 2.44. The molecular weight excluding hydrogens is 497 g/mol. The van der Waals surface area contributed by atoms with E-state index in [1.165, 1.54) is 34.8 Å². The van der Waals surface area contributed by atoms with Crippen LogP contribution in [-0.4, -0.2) is 48.9 Å². The second-order valence-electron chi connectivity index (χ2n) is 7.15. The summed E-state index contributed by atoms with van der Waals surface area (Å²) < 4.78 is 0. The Morgan fingerprint density at radius 3 is 2.66 bits per heavy atom. The van der Waals surface area contributed by atoms with E-state index >= 15 is 0 Å². The molecule has 0 bridgehead atoms. The number of hydrogen-bond donors (Lipinski definition) is 2. The molecule has 1 aromatic carbocycles. The van der Waals surface area contributed by atoms with Crippen LogP contribution >= 0.6 is 35.3 Å². The van der Waals surface area contributed by atoms with Crippen LogP contribution in [0.5, 0.6) is 0 Å². The largest absolute Gasteiger partial charge is 0.356 e. The van der Waals surface area contributed by atoms with E-state index in [1.807, 2.05) is 41.7 Å². The van der Waals surface area contributed by atoms with Gasteiger partial charge in [0.05, 0.1) is 23.8 Å². The molecule has 0 fully saturated rings. The maximum absolute atomic E-state index is 11.9. The third-order valence-electron chi connectivity index (χ3n) is 4.69. The van der Waals surface area contributed by atoms with Crippen LogP contribution in [0.15, 0.2) is 35.3 Å². The van der Waals surface area contributed by atoms with Gasteiger partial charge in [-0.25, -0.2) is 9.98 Å². The third-order valence-corrected chi connectivity index (χ3v) is 5.91. The van der Waals surface area contributed by atoms with Crippen LogP contribution in [0.3, 0.4) is 0 Å². The number of rotatable bonds is 7. The number of nitrogens with one attached hydrogen (secondary N) is 2. The molecule has 1 aromatic heterocycles. The number of aliphatic imine (C=N–C) groups is 1. The number of aromatic nitrogens is 1. The van der Waals surface area contributed by atoms with Crippen molar-refractivity contribution in [3.8, 4) is 0 Å². The summed E-state index contributed by atoms with van der Waals surface area (Å²) in [7, 11) is 3.50. The van der Waals surface area contributed by atoms with Crippen LogP contribution in [0, 0.1) is 0 Å². The number of halogens is 1. The Labute approximate surface area is 194 Å². The van der Waals surface area contributed by atoms with E-state index < -0.39 is 0 Å². The number of fused-ring (bicyclic) bond motifs is 1. The van der Waals surface area contributed by atoms with Crippen LogP contribution in [0.1, 0.15) is 34.0 Å². The predicted octanol–water partition coefficient (Wildman–Crippen LogP) is 3.01. The smallest absolute Gasteiger partial charge is 0.241 e. The van der Waals surface area contributed by atoms with Gasteiger partial charge in [-0.2, -0.15) is 0 Å². The Kier molecular flexibility index (Phi) is 9.86. The third kappa shape index (κ3) is 7.58. The zero-order chi connectivity index (χ0) is 19.8. The van der Waals surface area contributed by atoms with Gasteiger partial charge in [0.25, 0.3) is 0 Å². The zero-order valence-corrected chi connectivity index (χ0v) is 20.3. The molecule has 8 heteroatoms. The highest BCUT2D eigenvalue weighted by Crippen LogP contribution is 2.26. The number of guanidine groups is 1. The first-order valence-electron chi connectivity index (χ1n) is 9.85. The van der Waals surface area contributed by atoms with Crippen LogP contribution in [0.2, 0.25) is 0 Å². The molecule has 6 nitrogen and oxygen atoms in total. The molecule has 0 saturated carbocycles. The van der Waals surface area contributed by atoms with E-state index in [9.17, 15) is 4.79 Å². The number of carbonyl (C=O) groups excluding carboxylic acids is 1. The lowest BCUT2D eigenvalue weighted by Gasteiger charge is -2.14. The Hall–Kier alpha value is -1.68. The summed E-state index contributed by atoms with van der Waals surface area (Å²) in [4.78, 5) is 24.4. The van der Waals surface area contributed by atoms with Gasteiger partial charge in [0.1, 0.15) is 0 Å². The van der Waals surface area contributed by atoms with Crippen LogP contribution in [0.25, 0.3) is 0 Å². The summed E-state index contributed by atoms with van der Waals surface area (Å²) in [5, 5.41) is 7.67. The Balaban J connectivity index is 0.00000300. The molecule has 1 aliphatic carbocycles. The van der Waals surface area contributed by atoms with E-state index in [0.29, 0.717) is 12.5 Å². The number of hydrogen-bond acceptors (Lipinski definition) is 4. The normalized spacial score (nSPS) is 13.2. The average Bonchev–Trinajstić information content (AvgIpc) is 3.12. The van der Waals surface area contributed by atoms with Gasteiger partial charge in [-0.1, -0.05) is 30.3 Å². The summed E-state index contributed by atoms with van der Waals surface area (Å²) in [6.45, 7) is 1.53. The fourth-order valence-electron chi connectivity index (χ4n) is 3.05. The number of likely N-dealkylation sites (N-methyl/N-ethyl adjacent to an activating group) is 1. The van der Waals surface area contributed by atoms with Gasteiger partial charge in [-0.15, -0.1) is 35.3 Å². The number of carbonyl (C=O) groups is 1. The van der Waals surface area contributed by atoms with E-state index in [0.717, 1.165) is 24.9 Å². The minimum absolute atomic E-state index is 0. The minimum Gasteiger partial charge on any atom is -0.356 e. The number of nitrogens with zero attached hydrogens (tertiary/aromatic N) is 3. The quantitative estimate of drug-likeness (QED) is 0.330. The second-order valence-corrected chi connectivity index (χ2v) is 8.32. The molecule has 0 atom stereocenters. The Bertz CT molecular complexity index is 783. The van der Waals surface area contributed by atoms with Gasteiger partial charge >= 0.3 is 0 Å². The first-order valence-corrected chi connectivity index (χ1v) is 10.7.